The Bertz CT molecular complexity index is 296. The maximum atomic E-state index is 9.12. The lowest BCUT2D eigenvalue weighted by atomic mass is 10.0. The highest BCUT2D eigenvalue weighted by Crippen LogP contribution is 2.24. The van der Waals surface area contributed by atoms with Crippen molar-refractivity contribution in [2.45, 2.75) is 58.5 Å². The van der Waals surface area contributed by atoms with E-state index >= 15 is 0 Å². The molecule has 0 saturated carbocycles. The topological polar surface area (TPSA) is 65.9 Å². The fourth-order valence-electron chi connectivity index (χ4n) is 2.73. The van der Waals surface area contributed by atoms with E-state index in [0.29, 0.717) is 12.5 Å². The molecule has 0 aromatic rings. The molecular weight excluding hydrogens is 266 g/mol. The van der Waals surface area contributed by atoms with Crippen molar-refractivity contribution in [2.75, 3.05) is 32.8 Å². The zero-order chi connectivity index (χ0) is 15.6. The van der Waals surface area contributed by atoms with Crippen molar-refractivity contribution >= 4 is 5.96 Å². The van der Waals surface area contributed by atoms with Gasteiger partial charge in [0.05, 0.1) is 12.1 Å². The number of nitrogens with one attached hydrogen (secondary N) is 2. The summed E-state index contributed by atoms with van der Waals surface area (Å²) in [5, 5.41) is 15.8. The number of ether oxygens (including phenoxy) is 1. The van der Waals surface area contributed by atoms with Crippen molar-refractivity contribution in [1.82, 2.24) is 10.6 Å². The molecule has 1 aliphatic rings. The van der Waals surface area contributed by atoms with Crippen molar-refractivity contribution in [3.8, 4) is 0 Å². The highest BCUT2D eigenvalue weighted by atomic mass is 16.5. The SMILES string of the molecule is CCCC(CCO)CNC(=NCC1(C)CCCO1)NCC. The van der Waals surface area contributed by atoms with Crippen LogP contribution in [0.1, 0.15) is 52.9 Å². The average Bonchev–Trinajstić information content (AvgIpc) is 2.89. The van der Waals surface area contributed by atoms with Gasteiger partial charge in [-0.25, -0.2) is 0 Å². The third-order valence-corrected chi connectivity index (χ3v) is 4.01. The lowest BCUT2D eigenvalue weighted by Crippen LogP contribution is -2.41. The van der Waals surface area contributed by atoms with Crippen LogP contribution in [0.15, 0.2) is 4.99 Å². The van der Waals surface area contributed by atoms with E-state index in [1.165, 1.54) is 0 Å². The molecule has 5 nitrogen and oxygen atoms in total. The van der Waals surface area contributed by atoms with Crippen LogP contribution in [-0.4, -0.2) is 49.5 Å². The number of aliphatic hydroxyl groups is 1. The summed E-state index contributed by atoms with van der Waals surface area (Å²) >= 11 is 0. The van der Waals surface area contributed by atoms with Crippen molar-refractivity contribution in [3.05, 3.63) is 0 Å². The molecule has 0 bridgehead atoms. The van der Waals surface area contributed by atoms with Gasteiger partial charge in [-0.2, -0.15) is 0 Å². The lowest BCUT2D eigenvalue weighted by molar-refractivity contribution is 0.0283. The van der Waals surface area contributed by atoms with E-state index in [0.717, 1.165) is 57.8 Å². The van der Waals surface area contributed by atoms with Crippen LogP contribution in [0, 0.1) is 5.92 Å². The fraction of sp³-hybridized carbons (Fsp3) is 0.938. The van der Waals surface area contributed by atoms with Crippen LogP contribution < -0.4 is 10.6 Å². The van der Waals surface area contributed by atoms with Gasteiger partial charge < -0.3 is 20.5 Å². The molecule has 0 aromatic carbocycles. The Hall–Kier alpha value is -0.810. The molecule has 1 fully saturated rings. The maximum absolute atomic E-state index is 9.12. The minimum absolute atomic E-state index is 0.101. The smallest absolute Gasteiger partial charge is 0.191 e. The quantitative estimate of drug-likeness (QED) is 0.449. The number of rotatable bonds is 9. The van der Waals surface area contributed by atoms with Gasteiger partial charge in [-0.15, -0.1) is 0 Å². The van der Waals surface area contributed by atoms with E-state index in [9.17, 15) is 0 Å². The maximum Gasteiger partial charge on any atom is 0.191 e. The third-order valence-electron chi connectivity index (χ3n) is 4.01. The molecule has 0 aromatic heterocycles. The van der Waals surface area contributed by atoms with Crippen LogP contribution in [0.4, 0.5) is 0 Å². The van der Waals surface area contributed by atoms with Gasteiger partial charge in [0.2, 0.25) is 0 Å². The normalized spacial score (nSPS) is 24.1. The molecule has 21 heavy (non-hydrogen) atoms. The lowest BCUT2D eigenvalue weighted by Gasteiger charge is -2.22. The Labute approximate surface area is 129 Å². The zero-order valence-corrected chi connectivity index (χ0v) is 14.0. The number of aliphatic hydroxyl groups excluding tert-OH is 1. The zero-order valence-electron chi connectivity index (χ0n) is 14.0. The highest BCUT2D eigenvalue weighted by molar-refractivity contribution is 5.79. The molecule has 124 valence electrons. The van der Waals surface area contributed by atoms with E-state index in [2.05, 4.69) is 36.4 Å². The minimum Gasteiger partial charge on any atom is -0.396 e. The van der Waals surface area contributed by atoms with Gasteiger partial charge in [0.15, 0.2) is 5.96 Å². The third kappa shape index (κ3) is 7.14. The second-order valence-electron chi connectivity index (χ2n) is 6.14. The number of hydrogen-bond acceptors (Lipinski definition) is 3. The first-order valence-corrected chi connectivity index (χ1v) is 8.40. The summed E-state index contributed by atoms with van der Waals surface area (Å²) in [5.41, 5.74) is -0.101. The molecule has 0 amide bonds. The number of hydrogen-bond donors (Lipinski definition) is 3. The molecule has 0 spiro atoms. The molecule has 5 heteroatoms. The van der Waals surface area contributed by atoms with Gasteiger partial charge in [-0.3, -0.25) is 4.99 Å². The first-order chi connectivity index (χ1) is 10.1. The van der Waals surface area contributed by atoms with Gasteiger partial charge in [0, 0.05) is 26.3 Å². The molecule has 1 rings (SSSR count). The summed E-state index contributed by atoms with van der Waals surface area (Å²) in [6.45, 7) is 9.90. The predicted molar refractivity (Wildman–Crippen MR) is 87.7 cm³/mol. The summed E-state index contributed by atoms with van der Waals surface area (Å²) in [7, 11) is 0. The van der Waals surface area contributed by atoms with E-state index in [4.69, 9.17) is 9.84 Å². The molecular formula is C16H33N3O2. The Morgan fingerprint density at radius 2 is 2.14 bits per heavy atom. The first-order valence-electron chi connectivity index (χ1n) is 8.40. The van der Waals surface area contributed by atoms with Crippen LogP contribution in [0.25, 0.3) is 0 Å². The minimum atomic E-state index is -0.101. The van der Waals surface area contributed by atoms with Gasteiger partial charge in [0.1, 0.15) is 0 Å². The predicted octanol–water partition coefficient (Wildman–Crippen LogP) is 1.91. The average molecular weight is 299 g/mol. The van der Waals surface area contributed by atoms with Gasteiger partial charge in [0.25, 0.3) is 0 Å². The second kappa shape index (κ2) is 10.0. The molecule has 3 N–H and O–H groups in total. The monoisotopic (exact) mass is 299 g/mol. The molecule has 1 saturated heterocycles. The highest BCUT2D eigenvalue weighted by Gasteiger charge is 2.29. The summed E-state index contributed by atoms with van der Waals surface area (Å²) < 4.78 is 5.78. The Morgan fingerprint density at radius 1 is 1.33 bits per heavy atom. The number of guanidine groups is 1. The summed E-state index contributed by atoms with van der Waals surface area (Å²) in [6.07, 6.45) is 5.34. The van der Waals surface area contributed by atoms with Crippen molar-refractivity contribution in [3.63, 3.8) is 0 Å². The molecule has 2 unspecified atom stereocenters. The van der Waals surface area contributed by atoms with Crippen molar-refractivity contribution in [1.29, 1.82) is 0 Å². The van der Waals surface area contributed by atoms with Crippen LogP contribution in [-0.2, 0) is 4.74 Å². The standard InChI is InChI=1S/C16H33N3O2/c1-4-7-14(8-10-20)12-18-15(17-5-2)19-13-16(3)9-6-11-21-16/h14,20H,4-13H2,1-3H3,(H2,17,18,19). The summed E-state index contributed by atoms with van der Waals surface area (Å²) in [5.74, 6) is 1.36. The largest absolute Gasteiger partial charge is 0.396 e. The van der Waals surface area contributed by atoms with E-state index < -0.39 is 0 Å². The molecule has 0 aliphatic carbocycles. The second-order valence-corrected chi connectivity index (χ2v) is 6.14. The molecule has 1 heterocycles. The van der Waals surface area contributed by atoms with Gasteiger partial charge >= 0.3 is 0 Å². The first kappa shape index (κ1) is 18.2. The Morgan fingerprint density at radius 3 is 2.71 bits per heavy atom. The Balaban J connectivity index is 2.47. The summed E-state index contributed by atoms with van der Waals surface area (Å²) in [6, 6.07) is 0. The van der Waals surface area contributed by atoms with Crippen LogP contribution in [0.5, 0.6) is 0 Å². The number of aliphatic imine (C=N–C) groups is 1. The van der Waals surface area contributed by atoms with Crippen molar-refractivity contribution < 1.29 is 9.84 Å². The molecule has 0 radical (unpaired) electrons. The summed E-state index contributed by atoms with van der Waals surface area (Å²) in [4.78, 5) is 4.67. The van der Waals surface area contributed by atoms with Crippen LogP contribution in [0.3, 0.4) is 0 Å². The molecule has 2 atom stereocenters. The van der Waals surface area contributed by atoms with Crippen LogP contribution >= 0.6 is 0 Å². The van der Waals surface area contributed by atoms with Crippen molar-refractivity contribution in [2.24, 2.45) is 10.9 Å². The fourth-order valence-corrected chi connectivity index (χ4v) is 2.73. The molecule has 1 aliphatic heterocycles. The number of nitrogens with zero attached hydrogens (tertiary/aromatic N) is 1. The van der Waals surface area contributed by atoms with E-state index in [-0.39, 0.29) is 12.2 Å². The van der Waals surface area contributed by atoms with E-state index in [1.54, 1.807) is 0 Å². The van der Waals surface area contributed by atoms with Gasteiger partial charge in [-0.05, 0) is 45.4 Å². The van der Waals surface area contributed by atoms with Gasteiger partial charge in [-0.1, -0.05) is 13.3 Å². The van der Waals surface area contributed by atoms with E-state index in [1.807, 2.05) is 0 Å². The Kier molecular flexibility index (Phi) is 8.69. The van der Waals surface area contributed by atoms with Crippen LogP contribution in [0.2, 0.25) is 0 Å².